The summed E-state index contributed by atoms with van der Waals surface area (Å²) < 4.78 is 28.3. The second-order valence-corrected chi connectivity index (χ2v) is 4.05. The van der Waals surface area contributed by atoms with E-state index in [1.807, 2.05) is 0 Å². The third-order valence-electron chi connectivity index (χ3n) is 1.88. The van der Waals surface area contributed by atoms with E-state index < -0.39 is 18.5 Å². The molecule has 18 heavy (non-hydrogen) atoms. The van der Waals surface area contributed by atoms with E-state index in [2.05, 4.69) is 14.7 Å². The fourth-order valence-electron chi connectivity index (χ4n) is 1.20. The average Bonchev–Trinajstić information content (AvgIpc) is 2.73. The molecule has 0 amide bonds. The van der Waals surface area contributed by atoms with Gasteiger partial charge in [-0.2, -0.15) is 13.8 Å². The molecule has 0 aliphatic heterocycles. The summed E-state index contributed by atoms with van der Waals surface area (Å²) in [6, 6.07) is 4.94. The van der Waals surface area contributed by atoms with Crippen LogP contribution in [-0.2, 0) is 0 Å². The summed E-state index contributed by atoms with van der Waals surface area (Å²) in [5.74, 6) is -1.96. The second kappa shape index (κ2) is 5.05. The van der Waals surface area contributed by atoms with E-state index in [1.54, 1.807) is 18.2 Å². The van der Waals surface area contributed by atoms with E-state index in [9.17, 15) is 13.6 Å². The highest BCUT2D eigenvalue weighted by Gasteiger charge is 2.22. The first-order chi connectivity index (χ1) is 8.58. The van der Waals surface area contributed by atoms with Crippen LogP contribution in [0.5, 0.6) is 5.88 Å². The van der Waals surface area contributed by atoms with Crippen molar-refractivity contribution in [1.29, 1.82) is 0 Å². The number of hydrogen-bond acceptors (Lipinski definition) is 5. The zero-order valence-electron chi connectivity index (χ0n) is 8.71. The van der Waals surface area contributed by atoms with Crippen molar-refractivity contribution >= 4 is 17.3 Å². The van der Waals surface area contributed by atoms with Gasteiger partial charge in [-0.15, -0.1) is 11.3 Å². The maximum atomic E-state index is 12.1. The van der Waals surface area contributed by atoms with Crippen molar-refractivity contribution in [3.63, 3.8) is 0 Å². The lowest BCUT2D eigenvalue weighted by Gasteiger charge is -2.00. The van der Waals surface area contributed by atoms with Crippen LogP contribution in [0.1, 0.15) is 9.67 Å². The molecule has 0 spiro atoms. The predicted molar refractivity (Wildman–Crippen MR) is 58.9 cm³/mol. The number of pyridine rings is 1. The van der Waals surface area contributed by atoms with Gasteiger partial charge < -0.3 is 9.84 Å². The van der Waals surface area contributed by atoms with Crippen molar-refractivity contribution in [2.75, 3.05) is 0 Å². The summed E-state index contributed by atoms with van der Waals surface area (Å²) >= 11 is 0.731. The summed E-state index contributed by atoms with van der Waals surface area (Å²) in [6.07, 6.45) is 1.49. The van der Waals surface area contributed by atoms with Gasteiger partial charge in [-0.3, -0.25) is 4.98 Å². The summed E-state index contributed by atoms with van der Waals surface area (Å²) in [5.41, 5.74) is 0.397. The number of halogens is 2. The Morgan fingerprint density at radius 2 is 2.22 bits per heavy atom. The van der Waals surface area contributed by atoms with E-state index >= 15 is 0 Å². The number of aromatic nitrogens is 2. The quantitative estimate of drug-likeness (QED) is 0.925. The van der Waals surface area contributed by atoms with Gasteiger partial charge in [0.1, 0.15) is 5.01 Å². The van der Waals surface area contributed by atoms with Crippen molar-refractivity contribution in [2.45, 2.75) is 6.61 Å². The molecule has 94 valence electrons. The minimum absolute atomic E-state index is 0.212. The van der Waals surface area contributed by atoms with Crippen LogP contribution in [0.15, 0.2) is 24.4 Å². The van der Waals surface area contributed by atoms with Crippen molar-refractivity contribution in [2.24, 2.45) is 0 Å². The molecule has 0 unspecified atom stereocenters. The number of carboxylic acid groups (broad SMARTS) is 1. The highest BCUT2D eigenvalue weighted by molar-refractivity contribution is 7.17. The zero-order valence-corrected chi connectivity index (χ0v) is 9.53. The fourth-order valence-corrected chi connectivity index (χ4v) is 2.02. The van der Waals surface area contributed by atoms with Gasteiger partial charge in [-0.05, 0) is 12.1 Å². The maximum Gasteiger partial charge on any atom is 0.388 e. The maximum absolute atomic E-state index is 12.1. The molecule has 0 atom stereocenters. The number of ether oxygens (including phenoxy) is 1. The van der Waals surface area contributed by atoms with Crippen molar-refractivity contribution in [3.05, 3.63) is 29.3 Å². The number of hydrogen-bond donors (Lipinski definition) is 1. The van der Waals surface area contributed by atoms with Crippen LogP contribution in [0, 0.1) is 0 Å². The Morgan fingerprint density at radius 1 is 1.44 bits per heavy atom. The van der Waals surface area contributed by atoms with Gasteiger partial charge in [-0.25, -0.2) is 4.79 Å². The van der Waals surface area contributed by atoms with Crippen LogP contribution in [0.4, 0.5) is 8.78 Å². The largest absolute Gasteiger partial charge is 0.477 e. The smallest absolute Gasteiger partial charge is 0.388 e. The minimum Gasteiger partial charge on any atom is -0.477 e. The number of rotatable bonds is 4. The molecule has 1 N–H and O–H groups in total. The first kappa shape index (κ1) is 12.4. The molecule has 0 bridgehead atoms. The minimum atomic E-state index is -3.12. The molecule has 0 saturated heterocycles. The first-order valence-electron chi connectivity index (χ1n) is 4.68. The Labute approximate surface area is 104 Å². The number of nitrogens with zero attached hydrogens (tertiary/aromatic N) is 2. The van der Waals surface area contributed by atoms with Crippen molar-refractivity contribution < 1.29 is 23.4 Å². The van der Waals surface area contributed by atoms with Crippen LogP contribution < -0.4 is 4.74 Å². The number of carboxylic acids is 1. The van der Waals surface area contributed by atoms with E-state index in [1.165, 1.54) is 6.20 Å². The molecule has 0 radical (unpaired) electrons. The van der Waals surface area contributed by atoms with Gasteiger partial charge >= 0.3 is 12.6 Å². The summed E-state index contributed by atoms with van der Waals surface area (Å²) in [6.45, 7) is -3.12. The standard InChI is InChI=1S/C10H6F2N2O3S/c11-10(12)17-7-6(9(15)16)18-8(14-7)5-3-1-2-4-13-5/h1-4,10H,(H,15,16). The van der Waals surface area contributed by atoms with Crippen molar-refractivity contribution in [1.82, 2.24) is 9.97 Å². The molecule has 2 aromatic rings. The van der Waals surface area contributed by atoms with Gasteiger partial charge in [0.25, 0.3) is 0 Å². The second-order valence-electron chi connectivity index (χ2n) is 3.05. The van der Waals surface area contributed by atoms with Crippen LogP contribution >= 0.6 is 11.3 Å². The Morgan fingerprint density at radius 3 is 2.78 bits per heavy atom. The van der Waals surface area contributed by atoms with E-state index in [0.29, 0.717) is 5.69 Å². The monoisotopic (exact) mass is 272 g/mol. The van der Waals surface area contributed by atoms with Gasteiger partial charge in [0.2, 0.25) is 5.88 Å². The summed E-state index contributed by atoms with van der Waals surface area (Å²) in [7, 11) is 0. The molecule has 2 heterocycles. The van der Waals surface area contributed by atoms with Crippen LogP contribution in [0.25, 0.3) is 10.7 Å². The lowest BCUT2D eigenvalue weighted by molar-refractivity contribution is -0.0528. The molecule has 0 saturated carbocycles. The molecule has 2 rings (SSSR count). The molecule has 0 aliphatic carbocycles. The normalized spacial score (nSPS) is 10.6. The van der Waals surface area contributed by atoms with E-state index in [-0.39, 0.29) is 9.88 Å². The molecule has 0 aliphatic rings. The Balaban J connectivity index is 2.42. The van der Waals surface area contributed by atoms with Crippen molar-refractivity contribution in [3.8, 4) is 16.6 Å². The molecule has 8 heteroatoms. The SMILES string of the molecule is O=C(O)c1sc(-c2ccccn2)nc1OC(F)F. The number of aromatic carboxylic acids is 1. The zero-order chi connectivity index (χ0) is 13.1. The molecule has 5 nitrogen and oxygen atoms in total. The lowest BCUT2D eigenvalue weighted by atomic mass is 10.4. The van der Waals surface area contributed by atoms with Gasteiger partial charge in [-0.1, -0.05) is 6.07 Å². The molecule has 0 aromatic carbocycles. The van der Waals surface area contributed by atoms with Crippen LogP contribution in [0.3, 0.4) is 0 Å². The Bertz CT molecular complexity index is 560. The first-order valence-corrected chi connectivity index (χ1v) is 5.50. The van der Waals surface area contributed by atoms with Crippen LogP contribution in [0.2, 0.25) is 0 Å². The topological polar surface area (TPSA) is 72.3 Å². The highest BCUT2D eigenvalue weighted by atomic mass is 32.1. The Kier molecular flexibility index (Phi) is 3.47. The third-order valence-corrected chi connectivity index (χ3v) is 2.92. The number of alkyl halides is 2. The van der Waals surface area contributed by atoms with Crippen LogP contribution in [-0.4, -0.2) is 27.7 Å². The molecular weight excluding hydrogens is 266 g/mol. The summed E-state index contributed by atoms with van der Waals surface area (Å²) in [4.78, 5) is 18.2. The lowest BCUT2D eigenvalue weighted by Crippen LogP contribution is -2.06. The summed E-state index contributed by atoms with van der Waals surface area (Å²) in [5, 5.41) is 9.08. The van der Waals surface area contributed by atoms with E-state index in [4.69, 9.17) is 5.11 Å². The molecule has 0 fully saturated rings. The highest BCUT2D eigenvalue weighted by Crippen LogP contribution is 2.32. The number of carbonyl (C=O) groups is 1. The molecular formula is C10H6F2N2O3S. The average molecular weight is 272 g/mol. The third kappa shape index (κ3) is 2.59. The Hall–Kier alpha value is -2.09. The van der Waals surface area contributed by atoms with E-state index in [0.717, 1.165) is 11.3 Å². The fraction of sp³-hybridized carbons (Fsp3) is 0.100. The molecule has 2 aromatic heterocycles. The van der Waals surface area contributed by atoms with Gasteiger partial charge in [0.15, 0.2) is 4.88 Å². The van der Waals surface area contributed by atoms with Gasteiger partial charge in [0, 0.05) is 6.20 Å². The predicted octanol–water partition coefficient (Wildman–Crippen LogP) is 2.50. The van der Waals surface area contributed by atoms with Gasteiger partial charge in [0.05, 0.1) is 5.69 Å². The number of thiazole rings is 1.